The summed E-state index contributed by atoms with van der Waals surface area (Å²) >= 11 is 0. The molecule has 0 bridgehead atoms. The van der Waals surface area contributed by atoms with Gasteiger partial charge in [-0.3, -0.25) is 0 Å². The maximum absolute atomic E-state index is 11.6. The van der Waals surface area contributed by atoms with Gasteiger partial charge in [0.15, 0.2) is 5.69 Å². The van der Waals surface area contributed by atoms with Crippen LogP contribution in [0.2, 0.25) is 0 Å². The third-order valence-electron chi connectivity index (χ3n) is 3.21. The number of nitrogen functional groups attached to an aromatic ring is 1. The topological polar surface area (TPSA) is 70.1 Å². The molecule has 0 aliphatic rings. The van der Waals surface area contributed by atoms with Crippen molar-refractivity contribution >= 4 is 11.8 Å². The maximum Gasteiger partial charge on any atom is 0.360 e. The van der Waals surface area contributed by atoms with Crippen LogP contribution in [0.3, 0.4) is 0 Å². The third-order valence-corrected chi connectivity index (χ3v) is 3.21. The molecule has 17 heavy (non-hydrogen) atoms. The molecule has 0 fully saturated rings. The number of carbonyl (C=O) groups is 1. The Morgan fingerprint density at radius 3 is 2.71 bits per heavy atom. The van der Waals surface area contributed by atoms with Crippen molar-refractivity contribution in [3.05, 3.63) is 12.0 Å². The van der Waals surface area contributed by atoms with Crippen molar-refractivity contribution in [2.24, 2.45) is 5.92 Å². The summed E-state index contributed by atoms with van der Waals surface area (Å²) in [6.07, 6.45) is 2.66. The van der Waals surface area contributed by atoms with Gasteiger partial charge in [0.1, 0.15) is 5.82 Å². The fraction of sp³-hybridized carbons (Fsp3) is 0.667. The number of nitrogens with zero attached hydrogens (tertiary/aromatic N) is 2. The Morgan fingerprint density at radius 2 is 2.18 bits per heavy atom. The largest absolute Gasteiger partial charge is 0.461 e. The van der Waals surface area contributed by atoms with Crippen LogP contribution in [0.25, 0.3) is 0 Å². The Kier molecular flexibility index (Phi) is 4.54. The lowest BCUT2D eigenvalue weighted by Gasteiger charge is -2.20. The SMILES string of the molecule is CCOC(=O)c1ncn(C(C)C(C)CC)c1N. The second-order valence-corrected chi connectivity index (χ2v) is 4.23. The summed E-state index contributed by atoms with van der Waals surface area (Å²) in [6, 6.07) is 0.218. The van der Waals surface area contributed by atoms with Crippen LogP contribution in [-0.2, 0) is 4.74 Å². The first kappa shape index (κ1) is 13.5. The van der Waals surface area contributed by atoms with Crippen LogP contribution < -0.4 is 5.73 Å². The predicted octanol–water partition coefficient (Wildman–Crippen LogP) is 2.25. The van der Waals surface area contributed by atoms with Gasteiger partial charge in [0.25, 0.3) is 0 Å². The molecule has 2 N–H and O–H groups in total. The van der Waals surface area contributed by atoms with Crippen molar-refractivity contribution in [2.45, 2.75) is 40.2 Å². The number of rotatable bonds is 5. The summed E-state index contributed by atoms with van der Waals surface area (Å²) in [5.41, 5.74) is 6.14. The van der Waals surface area contributed by atoms with Crippen molar-refractivity contribution < 1.29 is 9.53 Å². The Morgan fingerprint density at radius 1 is 1.53 bits per heavy atom. The maximum atomic E-state index is 11.6. The van der Waals surface area contributed by atoms with Gasteiger partial charge in [0.2, 0.25) is 0 Å². The zero-order valence-electron chi connectivity index (χ0n) is 10.9. The number of nitrogens with two attached hydrogens (primary N) is 1. The van der Waals surface area contributed by atoms with E-state index in [2.05, 4.69) is 25.8 Å². The number of ether oxygens (including phenoxy) is 1. The van der Waals surface area contributed by atoms with Crippen LogP contribution in [0.1, 0.15) is 50.6 Å². The van der Waals surface area contributed by atoms with Crippen molar-refractivity contribution in [2.75, 3.05) is 12.3 Å². The Bertz CT molecular complexity index is 387. The first-order valence-electron chi connectivity index (χ1n) is 6.02. The molecule has 0 spiro atoms. The van der Waals surface area contributed by atoms with E-state index in [1.165, 1.54) is 0 Å². The van der Waals surface area contributed by atoms with E-state index in [-0.39, 0.29) is 11.7 Å². The zero-order valence-corrected chi connectivity index (χ0v) is 10.9. The molecule has 2 atom stereocenters. The van der Waals surface area contributed by atoms with Gasteiger partial charge in [0, 0.05) is 6.04 Å². The van der Waals surface area contributed by atoms with E-state index in [1.54, 1.807) is 13.3 Å². The number of aromatic nitrogens is 2. The monoisotopic (exact) mass is 239 g/mol. The highest BCUT2D eigenvalue weighted by molar-refractivity contribution is 5.92. The molecule has 1 rings (SSSR count). The quantitative estimate of drug-likeness (QED) is 0.800. The summed E-state index contributed by atoms with van der Waals surface area (Å²) in [4.78, 5) is 15.6. The van der Waals surface area contributed by atoms with E-state index in [0.717, 1.165) is 6.42 Å². The fourth-order valence-electron chi connectivity index (χ4n) is 1.67. The molecule has 0 aromatic carbocycles. The second-order valence-electron chi connectivity index (χ2n) is 4.23. The molecule has 0 saturated heterocycles. The molecule has 5 nitrogen and oxygen atoms in total. The molecule has 5 heteroatoms. The van der Waals surface area contributed by atoms with E-state index in [4.69, 9.17) is 10.5 Å². The predicted molar refractivity (Wildman–Crippen MR) is 66.8 cm³/mol. The van der Waals surface area contributed by atoms with Gasteiger partial charge in [-0.15, -0.1) is 0 Å². The molecule has 0 radical (unpaired) electrons. The molecule has 0 aliphatic carbocycles. The van der Waals surface area contributed by atoms with Gasteiger partial charge in [-0.2, -0.15) is 0 Å². The molecular formula is C12H21N3O2. The minimum absolute atomic E-state index is 0.210. The van der Waals surface area contributed by atoms with Crippen LogP contribution in [0, 0.1) is 5.92 Å². The second kappa shape index (κ2) is 5.70. The molecule has 1 heterocycles. The minimum atomic E-state index is -0.458. The number of anilines is 1. The highest BCUT2D eigenvalue weighted by Crippen LogP contribution is 2.25. The number of hydrogen-bond donors (Lipinski definition) is 1. The van der Waals surface area contributed by atoms with E-state index < -0.39 is 5.97 Å². The van der Waals surface area contributed by atoms with Crippen LogP contribution in [0.4, 0.5) is 5.82 Å². The van der Waals surface area contributed by atoms with Gasteiger partial charge >= 0.3 is 5.97 Å². The number of esters is 1. The smallest absolute Gasteiger partial charge is 0.360 e. The summed E-state index contributed by atoms with van der Waals surface area (Å²) in [5.74, 6) is 0.401. The Labute approximate surface area is 102 Å². The standard InChI is InChI=1S/C12H21N3O2/c1-5-8(3)9(4)15-7-14-10(11(15)13)12(16)17-6-2/h7-9H,5-6,13H2,1-4H3. The van der Waals surface area contributed by atoms with Gasteiger partial charge in [0.05, 0.1) is 12.9 Å². The molecule has 1 aromatic heterocycles. The average molecular weight is 239 g/mol. The van der Waals surface area contributed by atoms with Crippen molar-refractivity contribution in [1.82, 2.24) is 9.55 Å². The minimum Gasteiger partial charge on any atom is -0.461 e. The van der Waals surface area contributed by atoms with Crippen LogP contribution >= 0.6 is 0 Å². The van der Waals surface area contributed by atoms with Crippen LogP contribution in [0.15, 0.2) is 6.33 Å². The van der Waals surface area contributed by atoms with Crippen LogP contribution in [-0.4, -0.2) is 22.1 Å². The lowest BCUT2D eigenvalue weighted by Crippen LogP contribution is -2.16. The summed E-state index contributed by atoms with van der Waals surface area (Å²) in [5, 5.41) is 0. The highest BCUT2D eigenvalue weighted by atomic mass is 16.5. The first-order chi connectivity index (χ1) is 8.02. The number of imidazole rings is 1. The molecule has 0 aliphatic heterocycles. The molecular weight excluding hydrogens is 218 g/mol. The summed E-state index contributed by atoms with van der Waals surface area (Å²) in [7, 11) is 0. The Hall–Kier alpha value is -1.52. The fourth-order valence-corrected chi connectivity index (χ4v) is 1.67. The first-order valence-corrected chi connectivity index (χ1v) is 6.02. The highest BCUT2D eigenvalue weighted by Gasteiger charge is 2.21. The van der Waals surface area contributed by atoms with Crippen molar-refractivity contribution in [3.63, 3.8) is 0 Å². The van der Waals surface area contributed by atoms with Crippen molar-refractivity contribution in [3.8, 4) is 0 Å². The third kappa shape index (κ3) is 2.78. The molecule has 0 saturated carbocycles. The average Bonchev–Trinajstić information content (AvgIpc) is 2.69. The number of hydrogen-bond acceptors (Lipinski definition) is 4. The van der Waals surface area contributed by atoms with Crippen LogP contribution in [0.5, 0.6) is 0 Å². The summed E-state index contributed by atoms with van der Waals surface area (Å²) < 4.78 is 6.73. The summed E-state index contributed by atoms with van der Waals surface area (Å²) in [6.45, 7) is 8.43. The van der Waals surface area contributed by atoms with E-state index >= 15 is 0 Å². The molecule has 2 unspecified atom stereocenters. The molecule has 1 aromatic rings. The van der Waals surface area contributed by atoms with E-state index in [1.807, 2.05) is 4.57 Å². The van der Waals surface area contributed by atoms with Gasteiger partial charge < -0.3 is 15.0 Å². The normalized spacial score (nSPS) is 14.4. The van der Waals surface area contributed by atoms with E-state index in [0.29, 0.717) is 18.3 Å². The molecule has 0 amide bonds. The zero-order chi connectivity index (χ0) is 13.0. The lowest BCUT2D eigenvalue weighted by atomic mass is 10.0. The van der Waals surface area contributed by atoms with Crippen molar-refractivity contribution in [1.29, 1.82) is 0 Å². The Balaban J connectivity index is 2.94. The van der Waals surface area contributed by atoms with Gasteiger partial charge in [-0.25, -0.2) is 9.78 Å². The van der Waals surface area contributed by atoms with Gasteiger partial charge in [-0.1, -0.05) is 20.3 Å². The van der Waals surface area contributed by atoms with E-state index in [9.17, 15) is 4.79 Å². The molecule has 96 valence electrons. The van der Waals surface area contributed by atoms with Gasteiger partial charge in [-0.05, 0) is 19.8 Å². The lowest BCUT2D eigenvalue weighted by molar-refractivity contribution is 0.0521. The number of carbonyl (C=O) groups excluding carboxylic acids is 1.